The van der Waals surface area contributed by atoms with E-state index in [0.717, 1.165) is 0 Å². The molecule has 4 aliphatic rings. The smallest absolute Gasteiger partial charge is 0.253 e. The average Bonchev–Trinajstić information content (AvgIpc) is 1.62. The van der Waals surface area contributed by atoms with Gasteiger partial charge in [-0.1, -0.05) is 208 Å². The zero-order valence-corrected chi connectivity index (χ0v) is 52.3. The van der Waals surface area contributed by atoms with E-state index in [2.05, 4.69) is 278 Å². The SMILES string of the molecule is Cc1ccc2c(c1)c1cc3c(c4c1n2-c1ccc2c5c1B4c1cc(C(C)(C)C)cc4c6cc(C(C)(C)C)cc(c6n-5c14)C21c2cc(C(C)(C)C)ccc2-c2ccc(C(C)(C)C)cc21)c1ccc(C(C)C)cc1n3-c1ccc(C(C)(C)C)cc1. The number of hydrogen-bond donors (Lipinski definition) is 0. The molecule has 0 unspecified atom stereocenters. The van der Waals surface area contributed by atoms with Crippen LogP contribution in [0.2, 0.25) is 0 Å². The summed E-state index contributed by atoms with van der Waals surface area (Å²) in [5.74, 6) is 0.371. The molecule has 9 aromatic carbocycles. The van der Waals surface area contributed by atoms with Gasteiger partial charge in [0, 0.05) is 54.9 Å². The van der Waals surface area contributed by atoms with E-state index in [4.69, 9.17) is 0 Å². The van der Waals surface area contributed by atoms with Gasteiger partial charge in [-0.3, -0.25) is 0 Å². The number of aromatic nitrogens is 3. The van der Waals surface area contributed by atoms with Crippen LogP contribution >= 0.6 is 0 Å². The molecule has 83 heavy (non-hydrogen) atoms. The van der Waals surface area contributed by atoms with E-state index in [1.165, 1.54) is 171 Å². The Balaban J connectivity index is 1.17. The molecule has 4 heteroatoms. The lowest BCUT2D eigenvalue weighted by Gasteiger charge is -2.45. The van der Waals surface area contributed by atoms with Gasteiger partial charge in [-0.15, -0.1) is 0 Å². The van der Waals surface area contributed by atoms with Gasteiger partial charge in [0.05, 0.1) is 33.0 Å². The fraction of sp³-hybridized carbons (Fsp3) is 0.316. The second-order valence-corrected chi connectivity index (χ2v) is 31.3. The lowest BCUT2D eigenvalue weighted by Crippen LogP contribution is -2.61. The minimum absolute atomic E-state index is 0.0309. The van der Waals surface area contributed by atoms with E-state index in [9.17, 15) is 0 Å². The van der Waals surface area contributed by atoms with Gasteiger partial charge >= 0.3 is 0 Å². The molecule has 1 aliphatic carbocycles. The van der Waals surface area contributed by atoms with Crippen LogP contribution in [-0.2, 0) is 32.5 Å². The summed E-state index contributed by atoms with van der Waals surface area (Å²) >= 11 is 0. The Morgan fingerprint density at radius 1 is 0.386 bits per heavy atom. The van der Waals surface area contributed by atoms with Crippen molar-refractivity contribution in [3.8, 4) is 28.2 Å². The van der Waals surface area contributed by atoms with Gasteiger partial charge in [-0.2, -0.15) is 0 Å². The molecule has 0 radical (unpaired) electrons. The maximum absolute atomic E-state index is 2.83. The lowest BCUT2D eigenvalue weighted by molar-refractivity contribution is 0.583. The van der Waals surface area contributed by atoms with Gasteiger partial charge in [0.15, 0.2) is 0 Å². The Labute approximate surface area is 491 Å². The Morgan fingerprint density at radius 3 is 1.55 bits per heavy atom. The van der Waals surface area contributed by atoms with Crippen molar-refractivity contribution < 1.29 is 0 Å². The highest BCUT2D eigenvalue weighted by Crippen LogP contribution is 2.63. The summed E-state index contributed by atoms with van der Waals surface area (Å²) in [5, 5.41) is 8.04. The van der Waals surface area contributed by atoms with E-state index in [1.54, 1.807) is 0 Å². The molecule has 3 aromatic heterocycles. The summed E-state index contributed by atoms with van der Waals surface area (Å²) in [4.78, 5) is 0. The average molecular weight is 1080 g/mol. The number of nitrogens with zero attached hydrogens (tertiary/aromatic N) is 3. The van der Waals surface area contributed by atoms with E-state index in [1.807, 2.05) is 0 Å². The summed E-state index contributed by atoms with van der Waals surface area (Å²) in [7, 11) is 0. The van der Waals surface area contributed by atoms with Crippen LogP contribution in [0.4, 0.5) is 0 Å². The molecule has 0 bridgehead atoms. The van der Waals surface area contributed by atoms with Crippen LogP contribution in [0.15, 0.2) is 140 Å². The molecular weight excluding hydrogens is 1000 g/mol. The van der Waals surface area contributed by atoms with E-state index < -0.39 is 5.41 Å². The topological polar surface area (TPSA) is 14.8 Å². The molecule has 3 aliphatic heterocycles. The Bertz CT molecular complexity index is 4880. The molecule has 0 fully saturated rings. The minimum Gasteiger partial charge on any atom is -0.310 e. The van der Waals surface area contributed by atoms with Gasteiger partial charge in [0.2, 0.25) is 0 Å². The molecule has 12 aromatic rings. The van der Waals surface area contributed by atoms with Gasteiger partial charge < -0.3 is 13.7 Å². The molecule has 412 valence electrons. The second-order valence-electron chi connectivity index (χ2n) is 31.3. The summed E-state index contributed by atoms with van der Waals surface area (Å²) in [6.45, 7) is 42.7. The number of aryl methyl sites for hydroxylation is 1. The first-order valence-corrected chi connectivity index (χ1v) is 30.9. The third-order valence-corrected chi connectivity index (χ3v) is 20.6. The molecule has 0 N–H and O–H groups in total. The van der Waals surface area contributed by atoms with Crippen LogP contribution < -0.4 is 16.4 Å². The second kappa shape index (κ2) is 15.8. The van der Waals surface area contributed by atoms with Gasteiger partial charge in [0.1, 0.15) is 0 Å². The van der Waals surface area contributed by atoms with Crippen molar-refractivity contribution in [1.82, 2.24) is 13.7 Å². The molecule has 0 amide bonds. The summed E-state index contributed by atoms with van der Waals surface area (Å²) in [6, 6.07) is 57.7. The fourth-order valence-electron chi connectivity index (χ4n) is 16.1. The maximum atomic E-state index is 2.83. The van der Waals surface area contributed by atoms with Crippen molar-refractivity contribution >= 4 is 88.5 Å². The first kappa shape index (κ1) is 51.1. The molecule has 16 rings (SSSR count). The highest BCUT2D eigenvalue weighted by atomic mass is 15.1. The third kappa shape index (κ3) is 6.49. The molecule has 1 spiro atoms. The van der Waals surface area contributed by atoms with Crippen LogP contribution in [0, 0.1) is 6.92 Å². The predicted octanol–water partition coefficient (Wildman–Crippen LogP) is 18.7. The Kier molecular flexibility index (Phi) is 9.73. The quantitative estimate of drug-likeness (QED) is 0.153. The lowest BCUT2D eigenvalue weighted by atomic mass is 9.33. The first-order valence-electron chi connectivity index (χ1n) is 30.9. The molecule has 0 saturated carbocycles. The van der Waals surface area contributed by atoms with Crippen LogP contribution in [0.25, 0.3) is 93.6 Å². The highest BCUT2D eigenvalue weighted by Gasteiger charge is 2.56. The monoisotopic (exact) mass is 1080 g/mol. The van der Waals surface area contributed by atoms with Crippen molar-refractivity contribution in [2.75, 3.05) is 0 Å². The molecule has 6 heterocycles. The third-order valence-electron chi connectivity index (χ3n) is 20.6. The normalized spacial score (nSPS) is 15.0. The summed E-state index contributed by atoms with van der Waals surface area (Å²) < 4.78 is 8.19. The Hall–Kier alpha value is -7.56. The minimum atomic E-state index is -0.643. The maximum Gasteiger partial charge on any atom is 0.253 e. The van der Waals surface area contributed by atoms with Crippen LogP contribution in [0.5, 0.6) is 0 Å². The molecule has 3 nitrogen and oxygen atoms in total. The van der Waals surface area contributed by atoms with Gasteiger partial charge in [-0.25, -0.2) is 0 Å². The van der Waals surface area contributed by atoms with Crippen molar-refractivity contribution in [1.29, 1.82) is 0 Å². The van der Waals surface area contributed by atoms with Crippen LogP contribution in [0.1, 0.15) is 185 Å². The number of benzene rings is 9. The van der Waals surface area contributed by atoms with Crippen molar-refractivity contribution in [3.05, 3.63) is 201 Å². The number of rotatable bonds is 2. The summed E-state index contributed by atoms with van der Waals surface area (Å²) in [5.41, 5.74) is 32.8. The predicted molar refractivity (Wildman–Crippen MR) is 357 cm³/mol. The molecular formula is C79H78BN3. The number of fused-ring (bicyclic) bond motifs is 18. The zero-order chi connectivity index (χ0) is 58.0. The van der Waals surface area contributed by atoms with Crippen molar-refractivity contribution in [2.24, 2.45) is 0 Å². The Morgan fingerprint density at radius 2 is 0.952 bits per heavy atom. The zero-order valence-electron chi connectivity index (χ0n) is 52.3. The molecule has 0 atom stereocenters. The standard InChI is InChI=1S/C79H78BN3/c1-42(2)44-20-27-53-65(34-44)81(50-25-21-45(22-26-50)74(4,5)6)66-41-57-54-33-43(3)19-31-63(54)82-64-32-30-58-73-68(64)80(69(67(53)66)72(57)82)62-40-49(78(16,17)18)36-56-55-35-48(77(13,14)15)39-61(70(55)83(73)71(56)62)79(58)59-37-46(75(7,8)9)23-28-51(59)52-29-24-47(38-60(52)79)76(10,11)12/h19-42H,1-18H3. The van der Waals surface area contributed by atoms with E-state index >= 15 is 0 Å². The van der Waals surface area contributed by atoms with Gasteiger partial charge in [-0.05, 0) is 178 Å². The summed E-state index contributed by atoms with van der Waals surface area (Å²) in [6.07, 6.45) is 0. The van der Waals surface area contributed by atoms with Crippen LogP contribution in [0.3, 0.4) is 0 Å². The van der Waals surface area contributed by atoms with E-state index in [-0.39, 0.29) is 33.8 Å². The first-order chi connectivity index (χ1) is 39.1. The van der Waals surface area contributed by atoms with Crippen molar-refractivity contribution in [2.45, 2.75) is 163 Å². The number of hydrogen-bond acceptors (Lipinski definition) is 0. The highest BCUT2D eigenvalue weighted by molar-refractivity contribution is 7.02. The van der Waals surface area contributed by atoms with E-state index in [0.29, 0.717) is 5.92 Å². The van der Waals surface area contributed by atoms with Gasteiger partial charge in [0.25, 0.3) is 6.71 Å². The fourth-order valence-corrected chi connectivity index (χ4v) is 16.1. The van der Waals surface area contributed by atoms with Crippen LogP contribution in [-0.4, -0.2) is 20.4 Å². The van der Waals surface area contributed by atoms with Crippen molar-refractivity contribution in [3.63, 3.8) is 0 Å². The molecule has 0 saturated heterocycles. The largest absolute Gasteiger partial charge is 0.310 e.